The molecule has 1 atom stereocenters. The van der Waals surface area contributed by atoms with Gasteiger partial charge < -0.3 is 0 Å². The Labute approximate surface area is 101 Å². The largest absolute Gasteiger partial charge is 0.240 e. The zero-order chi connectivity index (χ0) is 12.2. The number of sulfonamides is 1. The minimum absolute atomic E-state index is 0.181. The van der Waals surface area contributed by atoms with Crippen LogP contribution >= 0.6 is 11.6 Å². The molecular formula is C11H12ClNO2S. The molecule has 0 amide bonds. The molecule has 1 N–H and O–H groups in total. The molecule has 0 saturated carbocycles. The fraction of sp³-hybridized carbons (Fsp3) is 0.273. The molecule has 3 nitrogen and oxygen atoms in total. The lowest BCUT2D eigenvalue weighted by Gasteiger charge is -2.11. The van der Waals surface area contributed by atoms with Crippen LogP contribution in [-0.2, 0) is 10.0 Å². The SMILES string of the molecule is C#CCC(C)NS(=O)(=O)c1ccc(Cl)cc1. The molecule has 1 aromatic rings. The summed E-state index contributed by atoms with van der Waals surface area (Å²) in [5, 5.41) is 0.496. The number of halogens is 1. The molecule has 16 heavy (non-hydrogen) atoms. The zero-order valence-electron chi connectivity index (χ0n) is 8.77. The van der Waals surface area contributed by atoms with Gasteiger partial charge in [-0.05, 0) is 31.2 Å². The van der Waals surface area contributed by atoms with Crippen LogP contribution in [0.15, 0.2) is 29.2 Å². The van der Waals surface area contributed by atoms with Gasteiger partial charge in [0.25, 0.3) is 0 Å². The minimum atomic E-state index is -3.50. The monoisotopic (exact) mass is 257 g/mol. The molecule has 1 aromatic carbocycles. The van der Waals surface area contributed by atoms with Gasteiger partial charge in [0.15, 0.2) is 0 Å². The van der Waals surface area contributed by atoms with Gasteiger partial charge in [0, 0.05) is 17.5 Å². The summed E-state index contributed by atoms with van der Waals surface area (Å²) in [6, 6.07) is 5.68. The van der Waals surface area contributed by atoms with E-state index in [1.165, 1.54) is 24.3 Å². The van der Waals surface area contributed by atoms with Crippen molar-refractivity contribution in [3.63, 3.8) is 0 Å². The molecule has 1 unspecified atom stereocenters. The predicted octanol–water partition coefficient (Wildman–Crippen LogP) is 2.03. The van der Waals surface area contributed by atoms with Gasteiger partial charge >= 0.3 is 0 Å². The Morgan fingerprint density at radius 1 is 1.44 bits per heavy atom. The lowest BCUT2D eigenvalue weighted by atomic mass is 10.3. The Hall–Kier alpha value is -1.02. The Kier molecular flexibility index (Phi) is 4.36. The van der Waals surface area contributed by atoms with Crippen molar-refractivity contribution in [1.29, 1.82) is 0 Å². The highest BCUT2D eigenvalue weighted by Crippen LogP contribution is 2.14. The van der Waals surface area contributed by atoms with Crippen LogP contribution < -0.4 is 4.72 Å². The number of terminal acetylenes is 1. The van der Waals surface area contributed by atoms with Crippen molar-refractivity contribution < 1.29 is 8.42 Å². The fourth-order valence-electron chi connectivity index (χ4n) is 1.17. The topological polar surface area (TPSA) is 46.2 Å². The number of rotatable bonds is 4. The molecule has 86 valence electrons. The first-order valence-corrected chi connectivity index (χ1v) is 6.53. The zero-order valence-corrected chi connectivity index (χ0v) is 10.3. The number of benzene rings is 1. The van der Waals surface area contributed by atoms with Gasteiger partial charge in [-0.15, -0.1) is 12.3 Å². The van der Waals surface area contributed by atoms with Crippen LogP contribution in [0.3, 0.4) is 0 Å². The van der Waals surface area contributed by atoms with Crippen LogP contribution in [0.4, 0.5) is 0 Å². The Bertz CT molecular complexity index is 488. The summed E-state index contributed by atoms with van der Waals surface area (Å²) >= 11 is 5.68. The molecule has 0 saturated heterocycles. The average Bonchev–Trinajstić information content (AvgIpc) is 2.17. The van der Waals surface area contributed by atoms with Crippen molar-refractivity contribution in [3.05, 3.63) is 29.3 Å². The molecule has 5 heteroatoms. The Balaban J connectivity index is 2.87. The maximum atomic E-state index is 11.8. The standard InChI is InChI=1S/C11H12ClNO2S/c1-3-4-9(2)13-16(14,15)11-7-5-10(12)6-8-11/h1,5-9,13H,4H2,2H3. The maximum Gasteiger partial charge on any atom is 0.240 e. The number of nitrogens with one attached hydrogen (secondary N) is 1. The van der Waals surface area contributed by atoms with Gasteiger partial charge in [-0.1, -0.05) is 11.6 Å². The third kappa shape index (κ3) is 3.53. The molecule has 0 bridgehead atoms. The van der Waals surface area contributed by atoms with Crippen molar-refractivity contribution in [2.24, 2.45) is 0 Å². The van der Waals surface area contributed by atoms with E-state index in [0.29, 0.717) is 11.4 Å². The fourth-order valence-corrected chi connectivity index (χ4v) is 2.53. The quantitative estimate of drug-likeness (QED) is 0.839. The highest BCUT2D eigenvalue weighted by Gasteiger charge is 2.16. The van der Waals surface area contributed by atoms with Crippen molar-refractivity contribution in [1.82, 2.24) is 4.72 Å². The van der Waals surface area contributed by atoms with Crippen molar-refractivity contribution in [2.45, 2.75) is 24.3 Å². The van der Waals surface area contributed by atoms with Crippen molar-refractivity contribution in [3.8, 4) is 12.3 Å². The van der Waals surface area contributed by atoms with Crippen LogP contribution in [-0.4, -0.2) is 14.5 Å². The maximum absolute atomic E-state index is 11.8. The summed E-state index contributed by atoms with van der Waals surface area (Å²) in [7, 11) is -3.50. The van der Waals surface area contributed by atoms with E-state index in [0.717, 1.165) is 0 Å². The third-order valence-electron chi connectivity index (χ3n) is 1.90. The third-order valence-corrected chi connectivity index (χ3v) is 3.76. The number of hydrogen-bond acceptors (Lipinski definition) is 2. The molecule has 1 rings (SSSR count). The van der Waals surface area contributed by atoms with Crippen LogP contribution in [0.2, 0.25) is 5.02 Å². The smallest absolute Gasteiger partial charge is 0.207 e. The summed E-state index contributed by atoms with van der Waals surface area (Å²) in [6.07, 6.45) is 5.46. The summed E-state index contributed by atoms with van der Waals surface area (Å²) in [6.45, 7) is 1.72. The van der Waals surface area contributed by atoms with Crippen LogP contribution in [0.25, 0.3) is 0 Å². The van der Waals surface area contributed by atoms with E-state index in [4.69, 9.17) is 18.0 Å². The molecule has 0 radical (unpaired) electrons. The van der Waals surface area contributed by atoms with Gasteiger partial charge in [-0.25, -0.2) is 13.1 Å². The molecule has 0 spiro atoms. The highest BCUT2D eigenvalue weighted by atomic mass is 35.5. The predicted molar refractivity (Wildman–Crippen MR) is 64.7 cm³/mol. The van der Waals surface area contributed by atoms with E-state index in [1.807, 2.05) is 0 Å². The molecule has 0 aliphatic heterocycles. The van der Waals surface area contributed by atoms with Crippen LogP contribution in [0, 0.1) is 12.3 Å². The Morgan fingerprint density at radius 2 is 2.00 bits per heavy atom. The normalized spacial score (nSPS) is 13.1. The van der Waals surface area contributed by atoms with Gasteiger partial charge in [-0.3, -0.25) is 0 Å². The second-order valence-electron chi connectivity index (χ2n) is 3.38. The van der Waals surface area contributed by atoms with Crippen LogP contribution in [0.1, 0.15) is 13.3 Å². The summed E-state index contributed by atoms with van der Waals surface area (Å²) in [5.41, 5.74) is 0. The van der Waals surface area contributed by atoms with E-state index >= 15 is 0 Å². The Morgan fingerprint density at radius 3 is 2.50 bits per heavy atom. The molecule has 0 heterocycles. The lowest BCUT2D eigenvalue weighted by molar-refractivity contribution is 0.563. The minimum Gasteiger partial charge on any atom is -0.207 e. The second kappa shape index (κ2) is 5.35. The van der Waals surface area contributed by atoms with E-state index in [-0.39, 0.29) is 10.9 Å². The van der Waals surface area contributed by atoms with E-state index < -0.39 is 10.0 Å². The first kappa shape index (κ1) is 13.0. The summed E-state index contributed by atoms with van der Waals surface area (Å²) in [5.74, 6) is 2.40. The van der Waals surface area contributed by atoms with Gasteiger partial charge in [0.05, 0.1) is 4.90 Å². The van der Waals surface area contributed by atoms with Crippen molar-refractivity contribution >= 4 is 21.6 Å². The highest BCUT2D eigenvalue weighted by molar-refractivity contribution is 7.89. The second-order valence-corrected chi connectivity index (χ2v) is 5.53. The summed E-state index contributed by atoms with van der Waals surface area (Å²) < 4.78 is 26.1. The molecular weight excluding hydrogens is 246 g/mol. The first-order valence-electron chi connectivity index (χ1n) is 4.67. The van der Waals surface area contributed by atoms with Gasteiger partial charge in [-0.2, -0.15) is 0 Å². The van der Waals surface area contributed by atoms with E-state index in [9.17, 15) is 8.42 Å². The van der Waals surface area contributed by atoms with Gasteiger partial charge in [0.2, 0.25) is 10.0 Å². The summed E-state index contributed by atoms with van der Waals surface area (Å²) in [4.78, 5) is 0.181. The molecule has 0 fully saturated rings. The van der Waals surface area contributed by atoms with Crippen LogP contribution in [0.5, 0.6) is 0 Å². The van der Waals surface area contributed by atoms with E-state index in [1.54, 1.807) is 6.92 Å². The molecule has 0 aliphatic carbocycles. The van der Waals surface area contributed by atoms with Gasteiger partial charge in [0.1, 0.15) is 0 Å². The first-order chi connectivity index (χ1) is 7.45. The molecule has 0 aliphatic rings. The van der Waals surface area contributed by atoms with E-state index in [2.05, 4.69) is 10.6 Å². The average molecular weight is 258 g/mol. The lowest BCUT2D eigenvalue weighted by Crippen LogP contribution is -2.32. The van der Waals surface area contributed by atoms with Crippen molar-refractivity contribution in [2.75, 3.05) is 0 Å². The molecule has 0 aromatic heterocycles. The number of hydrogen-bond donors (Lipinski definition) is 1.